The molecule has 1 saturated heterocycles. The van der Waals surface area contributed by atoms with Gasteiger partial charge in [-0.15, -0.1) is 0 Å². The van der Waals surface area contributed by atoms with Crippen molar-refractivity contribution in [1.82, 2.24) is 9.80 Å². The minimum atomic E-state index is -0.176. The SMILES string of the molecule is CCCN(CCC)C(=O)C1CC(=O)N(Cc2ccccc2C)C1. The number of carbonyl (C=O) groups excluding carboxylic acids is 2. The normalized spacial score (nSPS) is 17.6. The molecule has 1 aromatic rings. The van der Waals surface area contributed by atoms with Crippen LogP contribution >= 0.6 is 0 Å². The second kappa shape index (κ2) is 8.14. The molecule has 1 fully saturated rings. The molecule has 2 amide bonds. The lowest BCUT2D eigenvalue weighted by Gasteiger charge is -2.25. The van der Waals surface area contributed by atoms with Crippen molar-refractivity contribution in [2.45, 2.75) is 46.6 Å². The maximum atomic E-state index is 12.7. The van der Waals surface area contributed by atoms with Crippen LogP contribution in [0.25, 0.3) is 0 Å². The van der Waals surface area contributed by atoms with E-state index < -0.39 is 0 Å². The van der Waals surface area contributed by atoms with Crippen LogP contribution in [-0.2, 0) is 16.1 Å². The lowest BCUT2D eigenvalue weighted by molar-refractivity contribution is -0.136. The van der Waals surface area contributed by atoms with Gasteiger partial charge in [0, 0.05) is 32.6 Å². The van der Waals surface area contributed by atoms with Crippen molar-refractivity contribution in [3.05, 3.63) is 35.4 Å². The van der Waals surface area contributed by atoms with E-state index in [1.54, 1.807) is 0 Å². The molecular formula is C19H28N2O2. The quantitative estimate of drug-likeness (QED) is 0.776. The molecule has 1 heterocycles. The molecule has 0 aliphatic carbocycles. The zero-order valence-electron chi connectivity index (χ0n) is 14.5. The van der Waals surface area contributed by atoms with Gasteiger partial charge in [0.2, 0.25) is 11.8 Å². The molecule has 0 saturated carbocycles. The Labute approximate surface area is 139 Å². The molecule has 1 atom stereocenters. The summed E-state index contributed by atoms with van der Waals surface area (Å²) >= 11 is 0. The van der Waals surface area contributed by atoms with Crippen LogP contribution in [0.1, 0.15) is 44.2 Å². The number of hydrogen-bond acceptors (Lipinski definition) is 2. The average Bonchev–Trinajstić information content (AvgIpc) is 2.90. The number of carbonyl (C=O) groups is 2. The Morgan fingerprint density at radius 2 is 1.87 bits per heavy atom. The summed E-state index contributed by atoms with van der Waals surface area (Å²) in [6, 6.07) is 8.11. The van der Waals surface area contributed by atoms with E-state index in [-0.39, 0.29) is 17.7 Å². The second-order valence-electron chi connectivity index (χ2n) is 6.43. The summed E-state index contributed by atoms with van der Waals surface area (Å²) < 4.78 is 0. The lowest BCUT2D eigenvalue weighted by Crippen LogP contribution is -2.38. The monoisotopic (exact) mass is 316 g/mol. The minimum Gasteiger partial charge on any atom is -0.342 e. The molecular weight excluding hydrogens is 288 g/mol. The zero-order valence-corrected chi connectivity index (χ0v) is 14.5. The van der Waals surface area contributed by atoms with Gasteiger partial charge in [-0.05, 0) is 30.9 Å². The molecule has 0 bridgehead atoms. The first-order valence-electron chi connectivity index (χ1n) is 8.67. The second-order valence-corrected chi connectivity index (χ2v) is 6.43. The van der Waals surface area contributed by atoms with Gasteiger partial charge < -0.3 is 9.80 Å². The smallest absolute Gasteiger partial charge is 0.227 e. The number of likely N-dealkylation sites (tertiary alicyclic amines) is 1. The van der Waals surface area contributed by atoms with Crippen molar-refractivity contribution in [1.29, 1.82) is 0 Å². The maximum absolute atomic E-state index is 12.7. The van der Waals surface area contributed by atoms with Gasteiger partial charge in [-0.2, -0.15) is 0 Å². The summed E-state index contributed by atoms with van der Waals surface area (Å²) in [7, 11) is 0. The van der Waals surface area contributed by atoms with Gasteiger partial charge in [0.1, 0.15) is 0 Å². The first-order chi connectivity index (χ1) is 11.1. The number of aryl methyl sites for hydroxylation is 1. The molecule has 23 heavy (non-hydrogen) atoms. The van der Waals surface area contributed by atoms with Crippen LogP contribution in [0.4, 0.5) is 0 Å². The van der Waals surface area contributed by atoms with Gasteiger partial charge in [-0.25, -0.2) is 0 Å². The van der Waals surface area contributed by atoms with Crippen LogP contribution in [0.2, 0.25) is 0 Å². The van der Waals surface area contributed by atoms with Gasteiger partial charge >= 0.3 is 0 Å². The van der Waals surface area contributed by atoms with Crippen LogP contribution in [0.3, 0.4) is 0 Å². The van der Waals surface area contributed by atoms with E-state index in [1.165, 1.54) is 5.56 Å². The van der Waals surface area contributed by atoms with E-state index in [9.17, 15) is 9.59 Å². The number of nitrogens with zero attached hydrogens (tertiary/aromatic N) is 2. The molecule has 4 heteroatoms. The first-order valence-corrected chi connectivity index (χ1v) is 8.67. The van der Waals surface area contributed by atoms with Crippen molar-refractivity contribution < 1.29 is 9.59 Å². The molecule has 1 unspecified atom stereocenters. The summed E-state index contributed by atoms with van der Waals surface area (Å²) in [5, 5.41) is 0. The van der Waals surface area contributed by atoms with E-state index in [0.717, 1.165) is 31.5 Å². The van der Waals surface area contributed by atoms with E-state index >= 15 is 0 Å². The van der Waals surface area contributed by atoms with Crippen LogP contribution < -0.4 is 0 Å². The Kier molecular flexibility index (Phi) is 6.20. The Morgan fingerprint density at radius 3 is 2.48 bits per heavy atom. The fraction of sp³-hybridized carbons (Fsp3) is 0.579. The highest BCUT2D eigenvalue weighted by Gasteiger charge is 2.36. The minimum absolute atomic E-state index is 0.0968. The molecule has 1 aliphatic rings. The van der Waals surface area contributed by atoms with Gasteiger partial charge in [0.25, 0.3) is 0 Å². The third-order valence-corrected chi connectivity index (χ3v) is 4.48. The largest absolute Gasteiger partial charge is 0.342 e. The first kappa shape index (κ1) is 17.5. The molecule has 126 valence electrons. The van der Waals surface area contributed by atoms with Crippen LogP contribution in [0, 0.1) is 12.8 Å². The van der Waals surface area contributed by atoms with Gasteiger partial charge in [0.05, 0.1) is 5.92 Å². The number of rotatable bonds is 7. The maximum Gasteiger partial charge on any atom is 0.227 e. The number of benzene rings is 1. The summed E-state index contributed by atoms with van der Waals surface area (Å²) in [4.78, 5) is 28.7. The molecule has 1 aliphatic heterocycles. The molecule has 0 radical (unpaired) electrons. The third kappa shape index (κ3) is 4.34. The van der Waals surface area contributed by atoms with Crippen molar-refractivity contribution in [2.24, 2.45) is 5.92 Å². The van der Waals surface area contributed by atoms with Crippen molar-refractivity contribution in [3.8, 4) is 0 Å². The lowest BCUT2D eigenvalue weighted by atomic mass is 10.1. The van der Waals surface area contributed by atoms with Gasteiger partial charge in [0.15, 0.2) is 0 Å². The fourth-order valence-electron chi connectivity index (χ4n) is 3.21. The molecule has 2 rings (SSSR count). The molecule has 1 aromatic carbocycles. The summed E-state index contributed by atoms with van der Waals surface area (Å²) in [6.45, 7) is 8.96. The highest BCUT2D eigenvalue weighted by molar-refractivity contribution is 5.89. The highest BCUT2D eigenvalue weighted by Crippen LogP contribution is 2.23. The third-order valence-electron chi connectivity index (χ3n) is 4.48. The number of amides is 2. The Morgan fingerprint density at radius 1 is 1.22 bits per heavy atom. The Bertz CT molecular complexity index is 550. The summed E-state index contributed by atoms with van der Waals surface area (Å²) in [5.41, 5.74) is 2.35. The molecule has 0 aromatic heterocycles. The zero-order chi connectivity index (χ0) is 16.8. The van der Waals surface area contributed by atoms with E-state index in [4.69, 9.17) is 0 Å². The highest BCUT2D eigenvalue weighted by atomic mass is 16.2. The van der Waals surface area contributed by atoms with Gasteiger partial charge in [-0.1, -0.05) is 38.1 Å². The molecule has 4 nitrogen and oxygen atoms in total. The Hall–Kier alpha value is -1.84. The van der Waals surface area contributed by atoms with Crippen molar-refractivity contribution in [2.75, 3.05) is 19.6 Å². The average molecular weight is 316 g/mol. The summed E-state index contributed by atoms with van der Waals surface area (Å²) in [6.07, 6.45) is 2.27. The van der Waals surface area contributed by atoms with Crippen LogP contribution in [-0.4, -0.2) is 41.2 Å². The van der Waals surface area contributed by atoms with Crippen molar-refractivity contribution >= 4 is 11.8 Å². The Balaban J connectivity index is 2.01. The van der Waals surface area contributed by atoms with Crippen LogP contribution in [0.5, 0.6) is 0 Å². The summed E-state index contributed by atoms with van der Waals surface area (Å²) in [5.74, 6) is 0.0681. The number of hydrogen-bond donors (Lipinski definition) is 0. The van der Waals surface area contributed by atoms with E-state index in [2.05, 4.69) is 32.9 Å². The van der Waals surface area contributed by atoms with Crippen molar-refractivity contribution in [3.63, 3.8) is 0 Å². The van der Waals surface area contributed by atoms with E-state index in [1.807, 2.05) is 21.9 Å². The topological polar surface area (TPSA) is 40.6 Å². The van der Waals surface area contributed by atoms with Crippen LogP contribution in [0.15, 0.2) is 24.3 Å². The van der Waals surface area contributed by atoms with Gasteiger partial charge in [-0.3, -0.25) is 9.59 Å². The predicted octanol–water partition coefficient (Wildman–Crippen LogP) is 2.99. The standard InChI is InChI=1S/C19H28N2O2/c1-4-10-20(11-5-2)19(23)17-12-18(22)21(14-17)13-16-9-7-6-8-15(16)3/h6-9,17H,4-5,10-14H2,1-3H3. The fourth-order valence-corrected chi connectivity index (χ4v) is 3.21. The molecule has 0 N–H and O–H groups in total. The predicted molar refractivity (Wildman–Crippen MR) is 91.9 cm³/mol. The van der Waals surface area contributed by atoms with E-state index in [0.29, 0.717) is 19.5 Å². The molecule has 0 spiro atoms.